The van der Waals surface area contributed by atoms with Gasteiger partial charge in [0, 0.05) is 0 Å². The van der Waals surface area contributed by atoms with Crippen LogP contribution in [-0.2, 0) is 0 Å². The molecule has 88 valence electrons. The number of hydrogen-bond acceptors (Lipinski definition) is 1. The predicted molar refractivity (Wildman–Crippen MR) is 69.6 cm³/mol. The minimum atomic E-state index is 0.838. The third-order valence-corrected chi connectivity index (χ3v) is 3.85. The zero-order valence-electron chi connectivity index (χ0n) is 10.4. The summed E-state index contributed by atoms with van der Waals surface area (Å²) in [6.45, 7) is 6.80. The summed E-state index contributed by atoms with van der Waals surface area (Å²) in [7, 11) is 0. The average molecular weight is 217 g/mol. The van der Waals surface area contributed by atoms with E-state index in [1.54, 1.807) is 5.56 Å². The second-order valence-electron chi connectivity index (χ2n) is 4.89. The van der Waals surface area contributed by atoms with Crippen molar-refractivity contribution in [3.05, 3.63) is 35.9 Å². The standard InChI is InChI=1S/C15H23N/c1-3-12(11-16-4-2)14-10-15(14)13-8-6-5-7-9-13/h5-9,12,14-16H,3-4,10-11H2,1-2H3. The Labute approximate surface area is 99.3 Å². The van der Waals surface area contributed by atoms with Crippen LogP contribution in [0.5, 0.6) is 0 Å². The first-order chi connectivity index (χ1) is 7.86. The summed E-state index contributed by atoms with van der Waals surface area (Å²) in [6.07, 6.45) is 2.70. The van der Waals surface area contributed by atoms with E-state index in [2.05, 4.69) is 49.5 Å². The molecule has 0 saturated heterocycles. The lowest BCUT2D eigenvalue weighted by Crippen LogP contribution is -2.23. The molecule has 2 rings (SSSR count). The quantitative estimate of drug-likeness (QED) is 0.770. The maximum atomic E-state index is 3.49. The van der Waals surface area contributed by atoms with E-state index in [-0.39, 0.29) is 0 Å². The molecule has 0 aliphatic heterocycles. The van der Waals surface area contributed by atoms with Gasteiger partial charge in [-0.1, -0.05) is 50.6 Å². The molecule has 1 aliphatic rings. The largest absolute Gasteiger partial charge is 0.317 e. The minimum absolute atomic E-state index is 0.838. The van der Waals surface area contributed by atoms with Crippen LogP contribution in [0, 0.1) is 11.8 Å². The second kappa shape index (κ2) is 5.49. The van der Waals surface area contributed by atoms with Gasteiger partial charge in [0.15, 0.2) is 0 Å². The van der Waals surface area contributed by atoms with Crippen LogP contribution >= 0.6 is 0 Å². The highest BCUT2D eigenvalue weighted by Gasteiger charge is 2.42. The van der Waals surface area contributed by atoms with Gasteiger partial charge in [0.2, 0.25) is 0 Å². The van der Waals surface area contributed by atoms with Crippen LogP contribution in [0.15, 0.2) is 30.3 Å². The van der Waals surface area contributed by atoms with E-state index >= 15 is 0 Å². The van der Waals surface area contributed by atoms with Crippen LogP contribution in [0.2, 0.25) is 0 Å². The fourth-order valence-corrected chi connectivity index (χ4v) is 2.75. The third kappa shape index (κ3) is 2.65. The summed E-state index contributed by atoms with van der Waals surface area (Å²) in [4.78, 5) is 0. The Morgan fingerprint density at radius 1 is 1.25 bits per heavy atom. The van der Waals surface area contributed by atoms with Crippen molar-refractivity contribution in [1.29, 1.82) is 0 Å². The number of hydrogen-bond donors (Lipinski definition) is 1. The van der Waals surface area contributed by atoms with Crippen molar-refractivity contribution < 1.29 is 0 Å². The Kier molecular flexibility index (Phi) is 4.00. The van der Waals surface area contributed by atoms with Gasteiger partial charge >= 0.3 is 0 Å². The fourth-order valence-electron chi connectivity index (χ4n) is 2.75. The summed E-state index contributed by atoms with van der Waals surface area (Å²) < 4.78 is 0. The molecular weight excluding hydrogens is 194 g/mol. The Hall–Kier alpha value is -0.820. The Morgan fingerprint density at radius 2 is 2.00 bits per heavy atom. The van der Waals surface area contributed by atoms with E-state index < -0.39 is 0 Å². The monoisotopic (exact) mass is 217 g/mol. The zero-order chi connectivity index (χ0) is 11.4. The van der Waals surface area contributed by atoms with Crippen molar-refractivity contribution in [3.63, 3.8) is 0 Å². The van der Waals surface area contributed by atoms with Crippen molar-refractivity contribution in [2.75, 3.05) is 13.1 Å². The van der Waals surface area contributed by atoms with Crippen LogP contribution in [-0.4, -0.2) is 13.1 Å². The molecular formula is C15H23N. The molecule has 3 unspecified atom stereocenters. The summed E-state index contributed by atoms with van der Waals surface area (Å²) in [5, 5.41) is 3.49. The summed E-state index contributed by atoms with van der Waals surface area (Å²) in [5.41, 5.74) is 1.54. The molecule has 1 fully saturated rings. The Bertz CT molecular complexity index is 306. The molecule has 0 amide bonds. The maximum Gasteiger partial charge on any atom is -0.00179 e. The van der Waals surface area contributed by atoms with Gasteiger partial charge in [-0.15, -0.1) is 0 Å². The van der Waals surface area contributed by atoms with Crippen molar-refractivity contribution >= 4 is 0 Å². The molecule has 1 aromatic carbocycles. The molecule has 0 aromatic heterocycles. The van der Waals surface area contributed by atoms with Gasteiger partial charge in [0.25, 0.3) is 0 Å². The summed E-state index contributed by atoms with van der Waals surface area (Å²) in [6, 6.07) is 11.0. The van der Waals surface area contributed by atoms with Crippen molar-refractivity contribution in [2.45, 2.75) is 32.6 Å². The highest BCUT2D eigenvalue weighted by atomic mass is 14.9. The number of benzene rings is 1. The first-order valence-corrected chi connectivity index (χ1v) is 6.62. The molecule has 0 heterocycles. The minimum Gasteiger partial charge on any atom is -0.317 e. The van der Waals surface area contributed by atoms with Crippen LogP contribution in [0.3, 0.4) is 0 Å². The Balaban J connectivity index is 1.89. The van der Waals surface area contributed by atoms with E-state index in [9.17, 15) is 0 Å². The van der Waals surface area contributed by atoms with Crippen LogP contribution < -0.4 is 5.32 Å². The summed E-state index contributed by atoms with van der Waals surface area (Å²) in [5.74, 6) is 2.63. The van der Waals surface area contributed by atoms with E-state index in [1.807, 2.05) is 0 Å². The first kappa shape index (κ1) is 11.7. The molecule has 0 bridgehead atoms. The highest BCUT2D eigenvalue weighted by molar-refractivity contribution is 5.26. The molecule has 1 N–H and O–H groups in total. The van der Waals surface area contributed by atoms with Crippen LogP contribution in [0.25, 0.3) is 0 Å². The zero-order valence-corrected chi connectivity index (χ0v) is 10.4. The summed E-state index contributed by atoms with van der Waals surface area (Å²) >= 11 is 0. The van der Waals surface area contributed by atoms with Crippen LogP contribution in [0.1, 0.15) is 38.2 Å². The van der Waals surface area contributed by atoms with Gasteiger partial charge in [-0.2, -0.15) is 0 Å². The van der Waals surface area contributed by atoms with Crippen molar-refractivity contribution in [1.82, 2.24) is 5.32 Å². The lowest BCUT2D eigenvalue weighted by molar-refractivity contribution is 0.412. The molecule has 0 spiro atoms. The van der Waals surface area contributed by atoms with E-state index in [1.165, 1.54) is 19.4 Å². The molecule has 0 radical (unpaired) electrons. The van der Waals surface area contributed by atoms with Gasteiger partial charge in [-0.25, -0.2) is 0 Å². The molecule has 3 atom stereocenters. The maximum absolute atomic E-state index is 3.49. The van der Waals surface area contributed by atoms with Gasteiger partial charge in [0.05, 0.1) is 0 Å². The molecule has 1 saturated carbocycles. The molecule has 16 heavy (non-hydrogen) atoms. The van der Waals surface area contributed by atoms with Crippen LogP contribution in [0.4, 0.5) is 0 Å². The van der Waals surface area contributed by atoms with Crippen molar-refractivity contribution in [2.24, 2.45) is 11.8 Å². The SMILES string of the molecule is CCNCC(CC)C1CC1c1ccccc1. The first-order valence-electron chi connectivity index (χ1n) is 6.62. The Morgan fingerprint density at radius 3 is 2.62 bits per heavy atom. The van der Waals surface area contributed by atoms with Gasteiger partial charge in [-0.3, -0.25) is 0 Å². The molecule has 1 aromatic rings. The fraction of sp³-hybridized carbons (Fsp3) is 0.600. The highest BCUT2D eigenvalue weighted by Crippen LogP contribution is 2.52. The predicted octanol–water partition coefficient (Wildman–Crippen LogP) is 3.43. The number of rotatable bonds is 6. The molecule has 1 heteroatoms. The van der Waals surface area contributed by atoms with Gasteiger partial charge in [0.1, 0.15) is 0 Å². The topological polar surface area (TPSA) is 12.0 Å². The number of nitrogens with one attached hydrogen (secondary N) is 1. The van der Waals surface area contributed by atoms with Crippen molar-refractivity contribution in [3.8, 4) is 0 Å². The smallest absolute Gasteiger partial charge is 0.00179 e. The lowest BCUT2D eigenvalue weighted by Gasteiger charge is -2.15. The molecule has 1 aliphatic carbocycles. The molecule has 1 nitrogen and oxygen atoms in total. The van der Waals surface area contributed by atoms with E-state index in [4.69, 9.17) is 0 Å². The average Bonchev–Trinajstić information content (AvgIpc) is 3.12. The lowest BCUT2D eigenvalue weighted by atomic mass is 9.96. The van der Waals surface area contributed by atoms with E-state index in [0.717, 1.165) is 24.3 Å². The van der Waals surface area contributed by atoms with Gasteiger partial charge in [-0.05, 0) is 42.8 Å². The van der Waals surface area contributed by atoms with Gasteiger partial charge < -0.3 is 5.32 Å². The van der Waals surface area contributed by atoms with E-state index in [0.29, 0.717) is 0 Å². The normalized spacial score (nSPS) is 25.4. The second-order valence-corrected chi connectivity index (χ2v) is 4.89. The third-order valence-electron chi connectivity index (χ3n) is 3.85.